The summed E-state index contributed by atoms with van der Waals surface area (Å²) in [7, 11) is 3.58. The van der Waals surface area contributed by atoms with Crippen molar-refractivity contribution in [3.8, 4) is 5.75 Å². The van der Waals surface area contributed by atoms with Gasteiger partial charge in [0.2, 0.25) is 0 Å². The van der Waals surface area contributed by atoms with Gasteiger partial charge in [-0.3, -0.25) is 4.90 Å². The smallest absolute Gasteiger partial charge is 0.122 e. The van der Waals surface area contributed by atoms with Crippen LogP contribution < -0.4 is 4.74 Å². The maximum absolute atomic E-state index is 10.9. The zero-order valence-electron chi connectivity index (χ0n) is 14.3. The number of aliphatic hydroxyl groups excluding tert-OH is 2. The quantitative estimate of drug-likeness (QED) is 0.757. The highest BCUT2D eigenvalue weighted by Crippen LogP contribution is 2.31. The summed E-state index contributed by atoms with van der Waals surface area (Å²) in [5.41, 5.74) is 3.71. The van der Waals surface area contributed by atoms with E-state index >= 15 is 0 Å². The summed E-state index contributed by atoms with van der Waals surface area (Å²) in [5, 5.41) is 20.0. The largest absolute Gasteiger partial charge is 0.496 e. The molecule has 2 aromatic rings. The van der Waals surface area contributed by atoms with Crippen LogP contribution in [-0.2, 0) is 6.54 Å². The molecule has 0 aliphatic rings. The molecular formula is C19H24BrNO3. The van der Waals surface area contributed by atoms with Crippen LogP contribution in [0.1, 0.15) is 28.4 Å². The van der Waals surface area contributed by atoms with Gasteiger partial charge in [0.1, 0.15) is 11.9 Å². The Labute approximate surface area is 151 Å². The Morgan fingerprint density at radius 1 is 1.21 bits per heavy atom. The van der Waals surface area contributed by atoms with Crippen molar-refractivity contribution >= 4 is 15.9 Å². The Bertz CT molecular complexity index is 690. The molecule has 4 nitrogen and oxygen atoms in total. The fraction of sp³-hybridized carbons (Fsp3) is 0.368. The molecule has 2 aromatic carbocycles. The number of rotatable bonds is 7. The van der Waals surface area contributed by atoms with Crippen molar-refractivity contribution in [3.05, 3.63) is 63.1 Å². The van der Waals surface area contributed by atoms with Crippen LogP contribution in [0, 0.1) is 6.92 Å². The first-order valence-electron chi connectivity index (χ1n) is 7.86. The lowest BCUT2D eigenvalue weighted by atomic mass is 9.95. The summed E-state index contributed by atoms with van der Waals surface area (Å²) in [5.74, 6) is 0.766. The zero-order valence-corrected chi connectivity index (χ0v) is 15.9. The molecule has 0 aliphatic heterocycles. The van der Waals surface area contributed by atoms with E-state index in [1.807, 2.05) is 55.3 Å². The topological polar surface area (TPSA) is 52.9 Å². The van der Waals surface area contributed by atoms with Gasteiger partial charge in [0.15, 0.2) is 0 Å². The van der Waals surface area contributed by atoms with E-state index in [-0.39, 0.29) is 6.61 Å². The van der Waals surface area contributed by atoms with Crippen molar-refractivity contribution in [3.63, 3.8) is 0 Å². The average Bonchev–Trinajstić information content (AvgIpc) is 2.55. The first-order valence-corrected chi connectivity index (χ1v) is 8.66. The van der Waals surface area contributed by atoms with Crippen LogP contribution in [0.3, 0.4) is 0 Å². The summed E-state index contributed by atoms with van der Waals surface area (Å²) in [6, 6.07) is 11.6. The number of likely N-dealkylation sites (N-methyl/N-ethyl adjacent to an activating group) is 1. The van der Waals surface area contributed by atoms with Gasteiger partial charge in [-0.05, 0) is 54.4 Å². The molecule has 0 aliphatic carbocycles. The standard InChI is InChI=1S/C19H24BrNO3/c1-13-4-5-14(11-18(13)24-3)19(23)17-7-6-16(20)10-15(17)12-21(2)8-9-22/h4-7,10-11,19,22-23H,8-9,12H2,1-3H3. The molecule has 0 heterocycles. The van der Waals surface area contributed by atoms with E-state index in [9.17, 15) is 5.11 Å². The number of halogens is 1. The van der Waals surface area contributed by atoms with E-state index < -0.39 is 6.10 Å². The molecule has 0 saturated heterocycles. The SMILES string of the molecule is COc1cc(C(O)c2ccc(Br)cc2CN(C)CCO)ccc1C. The minimum atomic E-state index is -0.731. The second-order valence-corrected chi connectivity index (χ2v) is 6.85. The molecule has 2 N–H and O–H groups in total. The summed E-state index contributed by atoms with van der Waals surface area (Å²) in [4.78, 5) is 2.02. The zero-order chi connectivity index (χ0) is 17.7. The number of hydrogen-bond donors (Lipinski definition) is 2. The Kier molecular flexibility index (Phi) is 6.80. The third-order valence-electron chi connectivity index (χ3n) is 4.07. The van der Waals surface area contributed by atoms with Crippen LogP contribution >= 0.6 is 15.9 Å². The maximum atomic E-state index is 10.9. The predicted octanol–water partition coefficient (Wildman–Crippen LogP) is 3.27. The van der Waals surface area contributed by atoms with Crippen molar-refractivity contribution in [2.45, 2.75) is 19.6 Å². The first kappa shape index (κ1) is 18.9. The van der Waals surface area contributed by atoms with Gasteiger partial charge in [0, 0.05) is 17.6 Å². The van der Waals surface area contributed by atoms with Crippen LogP contribution in [0.15, 0.2) is 40.9 Å². The summed E-state index contributed by atoms with van der Waals surface area (Å²) < 4.78 is 6.33. The third-order valence-corrected chi connectivity index (χ3v) is 4.56. The fourth-order valence-electron chi connectivity index (χ4n) is 2.70. The maximum Gasteiger partial charge on any atom is 0.122 e. The highest BCUT2D eigenvalue weighted by Gasteiger charge is 2.17. The van der Waals surface area contributed by atoms with Gasteiger partial charge >= 0.3 is 0 Å². The minimum Gasteiger partial charge on any atom is -0.496 e. The number of aryl methyl sites for hydroxylation is 1. The van der Waals surface area contributed by atoms with Crippen LogP contribution in [0.4, 0.5) is 0 Å². The van der Waals surface area contributed by atoms with Crippen molar-refractivity contribution in [1.29, 1.82) is 0 Å². The van der Waals surface area contributed by atoms with E-state index in [2.05, 4.69) is 15.9 Å². The fourth-order valence-corrected chi connectivity index (χ4v) is 3.11. The van der Waals surface area contributed by atoms with Gasteiger partial charge in [-0.2, -0.15) is 0 Å². The van der Waals surface area contributed by atoms with E-state index in [1.54, 1.807) is 7.11 Å². The average molecular weight is 394 g/mol. The number of aliphatic hydroxyl groups is 2. The van der Waals surface area contributed by atoms with Crippen LogP contribution in [0.25, 0.3) is 0 Å². The van der Waals surface area contributed by atoms with E-state index in [0.717, 1.165) is 32.5 Å². The second kappa shape index (κ2) is 8.62. The Balaban J connectivity index is 2.36. The molecule has 1 atom stereocenters. The van der Waals surface area contributed by atoms with Crippen molar-refractivity contribution < 1.29 is 14.9 Å². The van der Waals surface area contributed by atoms with E-state index in [0.29, 0.717) is 13.1 Å². The summed E-state index contributed by atoms with van der Waals surface area (Å²) in [6.45, 7) is 3.32. The monoisotopic (exact) mass is 393 g/mol. The van der Waals surface area contributed by atoms with Crippen LogP contribution in [-0.4, -0.2) is 42.4 Å². The molecule has 2 rings (SSSR count). The van der Waals surface area contributed by atoms with Gasteiger partial charge in [-0.1, -0.05) is 34.1 Å². The van der Waals surface area contributed by atoms with Crippen molar-refractivity contribution in [2.24, 2.45) is 0 Å². The van der Waals surface area contributed by atoms with E-state index in [1.165, 1.54) is 0 Å². The summed E-state index contributed by atoms with van der Waals surface area (Å²) in [6.07, 6.45) is -0.731. The molecule has 0 spiro atoms. The van der Waals surface area contributed by atoms with Crippen LogP contribution in [0.5, 0.6) is 5.75 Å². The molecule has 0 saturated carbocycles. The predicted molar refractivity (Wildman–Crippen MR) is 99.4 cm³/mol. The number of ether oxygens (including phenoxy) is 1. The molecule has 5 heteroatoms. The number of methoxy groups -OCH3 is 1. The molecular weight excluding hydrogens is 370 g/mol. The van der Waals surface area contributed by atoms with Crippen molar-refractivity contribution in [2.75, 3.05) is 27.3 Å². The molecule has 0 amide bonds. The molecule has 1 unspecified atom stereocenters. The lowest BCUT2D eigenvalue weighted by Crippen LogP contribution is -2.22. The molecule has 24 heavy (non-hydrogen) atoms. The van der Waals surface area contributed by atoms with Crippen molar-refractivity contribution in [1.82, 2.24) is 4.90 Å². The third kappa shape index (κ3) is 4.57. The minimum absolute atomic E-state index is 0.109. The Morgan fingerprint density at radius 3 is 2.62 bits per heavy atom. The lowest BCUT2D eigenvalue weighted by molar-refractivity contribution is 0.206. The van der Waals surface area contributed by atoms with E-state index in [4.69, 9.17) is 9.84 Å². The van der Waals surface area contributed by atoms with Gasteiger partial charge in [0.25, 0.3) is 0 Å². The Morgan fingerprint density at radius 2 is 1.96 bits per heavy atom. The van der Waals surface area contributed by atoms with Gasteiger partial charge in [-0.15, -0.1) is 0 Å². The number of hydrogen-bond acceptors (Lipinski definition) is 4. The van der Waals surface area contributed by atoms with Gasteiger partial charge < -0.3 is 14.9 Å². The molecule has 0 radical (unpaired) electrons. The molecule has 0 aromatic heterocycles. The highest BCUT2D eigenvalue weighted by atomic mass is 79.9. The second-order valence-electron chi connectivity index (χ2n) is 5.94. The Hall–Kier alpha value is -1.40. The van der Waals surface area contributed by atoms with Gasteiger partial charge in [-0.25, -0.2) is 0 Å². The molecule has 0 bridgehead atoms. The number of nitrogens with zero attached hydrogens (tertiary/aromatic N) is 1. The summed E-state index contributed by atoms with van der Waals surface area (Å²) >= 11 is 3.49. The number of benzene rings is 2. The normalized spacial score (nSPS) is 12.5. The first-order chi connectivity index (χ1) is 11.5. The highest BCUT2D eigenvalue weighted by molar-refractivity contribution is 9.10. The molecule has 0 fully saturated rings. The molecule has 130 valence electrons. The lowest BCUT2D eigenvalue weighted by Gasteiger charge is -2.21. The van der Waals surface area contributed by atoms with Crippen LogP contribution in [0.2, 0.25) is 0 Å². The van der Waals surface area contributed by atoms with Gasteiger partial charge in [0.05, 0.1) is 13.7 Å².